The number of nitrogen functional groups attached to an aromatic ring is 1. The Morgan fingerprint density at radius 2 is 2.03 bits per heavy atom. The topological polar surface area (TPSA) is 154 Å². The summed E-state index contributed by atoms with van der Waals surface area (Å²) in [6.07, 6.45) is 1.87. The Labute approximate surface area is 198 Å². The Balaban J connectivity index is 1.81. The van der Waals surface area contributed by atoms with Crippen LogP contribution in [0.2, 0.25) is 0 Å². The molecule has 1 atom stereocenters. The van der Waals surface area contributed by atoms with Crippen molar-refractivity contribution in [2.45, 2.75) is 51.9 Å². The summed E-state index contributed by atoms with van der Waals surface area (Å²) in [5.74, 6) is 7.19. The van der Waals surface area contributed by atoms with Gasteiger partial charge in [-0.25, -0.2) is 14.6 Å². The van der Waals surface area contributed by atoms with Gasteiger partial charge in [-0.15, -0.1) is 0 Å². The minimum absolute atomic E-state index is 0.143. The molecule has 1 unspecified atom stereocenters. The second-order valence-corrected chi connectivity index (χ2v) is 9.20. The number of aliphatic hydroxyl groups is 1. The molecule has 11 nitrogen and oxygen atoms in total. The molecule has 0 aliphatic carbocycles. The summed E-state index contributed by atoms with van der Waals surface area (Å²) in [6.45, 7) is 8.20. The molecule has 182 valence electrons. The van der Waals surface area contributed by atoms with Gasteiger partial charge in [-0.2, -0.15) is 0 Å². The van der Waals surface area contributed by atoms with E-state index in [2.05, 4.69) is 39.1 Å². The molecule has 1 aliphatic heterocycles. The Morgan fingerprint density at radius 1 is 1.29 bits per heavy atom. The van der Waals surface area contributed by atoms with Crippen molar-refractivity contribution in [1.82, 2.24) is 29.7 Å². The number of piperidine rings is 1. The van der Waals surface area contributed by atoms with Gasteiger partial charge >= 0.3 is 0 Å². The van der Waals surface area contributed by atoms with E-state index < -0.39 is 5.60 Å². The van der Waals surface area contributed by atoms with Gasteiger partial charge in [-0.1, -0.05) is 5.92 Å². The molecule has 0 saturated carbocycles. The summed E-state index contributed by atoms with van der Waals surface area (Å²) in [5, 5.41) is 17.7. The predicted molar refractivity (Wildman–Crippen MR) is 128 cm³/mol. The minimum atomic E-state index is -1.20. The smallest absolute Gasteiger partial charge is 0.217 e. The molecule has 5 N–H and O–H groups in total. The summed E-state index contributed by atoms with van der Waals surface area (Å²) in [5.41, 5.74) is 12.9. The van der Waals surface area contributed by atoms with Gasteiger partial charge in [0.2, 0.25) is 5.88 Å². The maximum atomic E-state index is 10.2. The van der Waals surface area contributed by atoms with Crippen LogP contribution in [-0.4, -0.2) is 73.2 Å². The van der Waals surface area contributed by atoms with Gasteiger partial charge in [-0.3, -0.25) is 0 Å². The average Bonchev–Trinajstić information content (AvgIpc) is 3.38. The lowest BCUT2D eigenvalue weighted by Gasteiger charge is -2.33. The number of anilines is 1. The molecular weight excluding hydrogens is 436 g/mol. The van der Waals surface area contributed by atoms with E-state index >= 15 is 0 Å². The van der Waals surface area contributed by atoms with E-state index in [0.717, 1.165) is 31.4 Å². The number of hydrogen-bond acceptors (Lipinski definition) is 10. The number of nitrogens with two attached hydrogens (primary N) is 2. The van der Waals surface area contributed by atoms with Crippen LogP contribution in [0.15, 0.2) is 10.7 Å². The van der Waals surface area contributed by atoms with Crippen LogP contribution in [0.3, 0.4) is 0 Å². The molecule has 0 aromatic carbocycles. The van der Waals surface area contributed by atoms with E-state index in [1.54, 1.807) is 13.8 Å². The first-order valence-corrected chi connectivity index (χ1v) is 11.5. The summed E-state index contributed by atoms with van der Waals surface area (Å²) in [7, 11) is 2.12. The van der Waals surface area contributed by atoms with Crippen LogP contribution in [-0.2, 0) is 6.54 Å². The van der Waals surface area contributed by atoms with Crippen molar-refractivity contribution < 1.29 is 14.5 Å². The lowest BCUT2D eigenvalue weighted by molar-refractivity contribution is 0.0871. The lowest BCUT2D eigenvalue weighted by atomic mass is 9.91. The highest BCUT2D eigenvalue weighted by Crippen LogP contribution is 2.31. The van der Waals surface area contributed by atoms with Crippen molar-refractivity contribution in [3.8, 4) is 29.2 Å². The highest BCUT2D eigenvalue weighted by Gasteiger charge is 2.27. The fourth-order valence-electron chi connectivity index (χ4n) is 4.20. The second-order valence-electron chi connectivity index (χ2n) is 9.20. The fourth-order valence-corrected chi connectivity index (χ4v) is 4.20. The zero-order valence-corrected chi connectivity index (χ0v) is 20.1. The number of hydrogen-bond donors (Lipinski definition) is 3. The zero-order chi connectivity index (χ0) is 24.5. The van der Waals surface area contributed by atoms with Gasteiger partial charge in [0, 0.05) is 19.2 Å². The molecule has 3 aromatic rings. The Kier molecular flexibility index (Phi) is 6.74. The van der Waals surface area contributed by atoms with Crippen molar-refractivity contribution in [2.75, 3.05) is 32.4 Å². The van der Waals surface area contributed by atoms with Gasteiger partial charge in [0.1, 0.15) is 22.9 Å². The third-order valence-corrected chi connectivity index (χ3v) is 6.04. The van der Waals surface area contributed by atoms with Gasteiger partial charge in [-0.05, 0) is 75.9 Å². The predicted octanol–water partition coefficient (Wildman–Crippen LogP) is 1.25. The molecule has 0 amide bonds. The van der Waals surface area contributed by atoms with Crippen molar-refractivity contribution in [3.05, 3.63) is 11.8 Å². The van der Waals surface area contributed by atoms with E-state index in [1.165, 1.54) is 0 Å². The van der Waals surface area contributed by atoms with Crippen molar-refractivity contribution >= 4 is 16.9 Å². The highest BCUT2D eigenvalue weighted by molar-refractivity contribution is 5.86. The minimum Gasteiger partial charge on any atom is -0.473 e. The molecular formula is C23H32N8O3. The van der Waals surface area contributed by atoms with E-state index in [4.69, 9.17) is 25.8 Å². The summed E-state index contributed by atoms with van der Waals surface area (Å²) in [4.78, 5) is 11.7. The number of likely N-dealkylation sites (tertiary alicyclic amines) is 1. The molecule has 1 fully saturated rings. The Hall–Kier alpha value is -3.20. The summed E-state index contributed by atoms with van der Waals surface area (Å²) >= 11 is 0. The van der Waals surface area contributed by atoms with Gasteiger partial charge in [0.25, 0.3) is 0 Å². The molecule has 0 radical (unpaired) electrons. The maximum absolute atomic E-state index is 10.2. The number of aryl methyl sites for hydroxylation is 1. The number of ether oxygens (including phenoxy) is 1. The zero-order valence-electron chi connectivity index (χ0n) is 20.1. The standard InChI is InChI=1S/C23H32N8O3/c1-5-31-16-12-18(33-17(13-24)14-7-10-30(4)11-8-14)26-15(6-9-23(2,3)32)19(16)27-22(31)20-21(25)29-34-28-20/h12,14,17,32H,5,7-8,10-11,13,24H2,1-4H3,(H2,25,29). The molecule has 4 rings (SSSR count). The van der Waals surface area contributed by atoms with E-state index in [0.29, 0.717) is 47.6 Å². The van der Waals surface area contributed by atoms with Crippen molar-refractivity contribution in [3.63, 3.8) is 0 Å². The van der Waals surface area contributed by atoms with Crippen LogP contribution in [0.25, 0.3) is 22.6 Å². The van der Waals surface area contributed by atoms with E-state index in [-0.39, 0.29) is 11.9 Å². The van der Waals surface area contributed by atoms with Crippen molar-refractivity contribution in [1.29, 1.82) is 0 Å². The van der Waals surface area contributed by atoms with Gasteiger partial charge in [0.05, 0.1) is 5.52 Å². The maximum Gasteiger partial charge on any atom is 0.217 e. The number of rotatable bonds is 6. The third-order valence-electron chi connectivity index (χ3n) is 6.04. The van der Waals surface area contributed by atoms with Gasteiger partial charge < -0.3 is 30.8 Å². The summed E-state index contributed by atoms with van der Waals surface area (Å²) < 4.78 is 13.1. The number of pyridine rings is 1. The monoisotopic (exact) mass is 468 g/mol. The SMILES string of the molecule is CCn1c(-c2nonc2N)nc2c(C#CC(C)(C)O)nc(OC(CN)C3CCN(C)CC3)cc21. The lowest BCUT2D eigenvalue weighted by Crippen LogP contribution is -2.41. The molecule has 11 heteroatoms. The summed E-state index contributed by atoms with van der Waals surface area (Å²) in [6, 6.07) is 1.84. The quantitative estimate of drug-likeness (QED) is 0.450. The van der Waals surface area contributed by atoms with Crippen LogP contribution < -0.4 is 16.2 Å². The third kappa shape index (κ3) is 4.99. The first-order chi connectivity index (χ1) is 16.2. The molecule has 1 aliphatic rings. The molecule has 4 heterocycles. The molecule has 34 heavy (non-hydrogen) atoms. The normalized spacial score (nSPS) is 16.4. The average molecular weight is 469 g/mol. The van der Waals surface area contributed by atoms with E-state index in [9.17, 15) is 5.11 Å². The first-order valence-electron chi connectivity index (χ1n) is 11.5. The van der Waals surface area contributed by atoms with E-state index in [1.807, 2.05) is 17.6 Å². The second kappa shape index (κ2) is 9.58. The largest absolute Gasteiger partial charge is 0.473 e. The highest BCUT2D eigenvalue weighted by atomic mass is 16.6. The fraction of sp³-hybridized carbons (Fsp3) is 0.565. The van der Waals surface area contributed by atoms with Crippen LogP contribution in [0, 0.1) is 17.8 Å². The number of nitrogens with zero attached hydrogens (tertiary/aromatic N) is 6. The first kappa shape index (κ1) is 23.9. The number of fused-ring (bicyclic) bond motifs is 1. The molecule has 3 aromatic heterocycles. The van der Waals surface area contributed by atoms with Crippen LogP contribution >= 0.6 is 0 Å². The molecule has 0 bridgehead atoms. The van der Waals surface area contributed by atoms with Gasteiger partial charge in [0.15, 0.2) is 17.3 Å². The Bertz CT molecular complexity index is 1210. The number of aromatic nitrogens is 5. The van der Waals surface area contributed by atoms with Crippen molar-refractivity contribution in [2.24, 2.45) is 11.7 Å². The molecule has 0 spiro atoms. The van der Waals surface area contributed by atoms with Crippen LogP contribution in [0.5, 0.6) is 5.88 Å². The Morgan fingerprint density at radius 3 is 2.62 bits per heavy atom. The number of imidazole rings is 1. The van der Waals surface area contributed by atoms with Crippen LogP contribution in [0.1, 0.15) is 39.3 Å². The molecule has 1 saturated heterocycles. The van der Waals surface area contributed by atoms with Crippen LogP contribution in [0.4, 0.5) is 5.82 Å².